The van der Waals surface area contributed by atoms with Gasteiger partial charge in [0.25, 0.3) is 0 Å². The molecule has 1 heteroatoms. The van der Waals surface area contributed by atoms with Gasteiger partial charge in [-0.2, -0.15) is 0 Å². The minimum Gasteiger partial charge on any atom is -0.0878 e. The van der Waals surface area contributed by atoms with Gasteiger partial charge in [-0.1, -0.05) is 89.2 Å². The van der Waals surface area contributed by atoms with Crippen LogP contribution in [0.4, 0.5) is 0 Å². The highest BCUT2D eigenvalue weighted by Crippen LogP contribution is 2.12. The number of hydrogen-bond donors (Lipinski definition) is 0. The summed E-state index contributed by atoms with van der Waals surface area (Å²) >= 11 is 0. The molecule has 0 aromatic heterocycles. The predicted molar refractivity (Wildman–Crippen MR) is 75.6 cm³/mol. The van der Waals surface area contributed by atoms with Crippen molar-refractivity contribution >= 4 is 0 Å². The molecular formula is C16H29N. The molecule has 0 aliphatic carbocycles. The van der Waals surface area contributed by atoms with Crippen LogP contribution in [0, 0.1) is 12.0 Å². The summed E-state index contributed by atoms with van der Waals surface area (Å²) in [4.78, 5) is 0. The van der Waals surface area contributed by atoms with Crippen molar-refractivity contribution in [2.24, 2.45) is 0 Å². The molecule has 0 rings (SSSR count). The van der Waals surface area contributed by atoms with E-state index < -0.39 is 0 Å². The second-order valence-electron chi connectivity index (χ2n) is 4.93. The zero-order chi connectivity index (χ0) is 12.6. The normalized spacial score (nSPS) is 9.94. The van der Waals surface area contributed by atoms with Crippen molar-refractivity contribution in [3.8, 4) is 12.0 Å². The maximum Gasteiger partial charge on any atom is 0.0584 e. The van der Waals surface area contributed by atoms with E-state index in [0.717, 1.165) is 12.8 Å². The standard InChI is InChI=1S/C16H29N/c1-2-3-4-5-6-7-8-9-10-11-12-13-14-15-16-17/h2-14H2,1H3. The molecule has 0 aromatic carbocycles. The molecule has 0 aliphatic heterocycles. The minimum atomic E-state index is 0.855. The Labute approximate surface area is 109 Å². The highest BCUT2D eigenvalue weighted by atomic mass is 14.4. The Bertz CT molecular complexity index is 187. The van der Waals surface area contributed by atoms with Gasteiger partial charge < -0.3 is 0 Å². The Kier molecular flexibility index (Phi) is 14.8. The van der Waals surface area contributed by atoms with E-state index in [1.54, 1.807) is 0 Å². The highest BCUT2D eigenvalue weighted by Gasteiger charge is 1.92. The summed E-state index contributed by atoms with van der Waals surface area (Å²) in [5.41, 5.74) is 8.28. The molecule has 0 spiro atoms. The van der Waals surface area contributed by atoms with Crippen LogP contribution in [-0.4, -0.2) is 0 Å². The van der Waals surface area contributed by atoms with Gasteiger partial charge in [0.2, 0.25) is 0 Å². The average Bonchev–Trinajstić information content (AvgIpc) is 2.35. The van der Waals surface area contributed by atoms with Gasteiger partial charge in [0.05, 0.1) is 6.04 Å². The van der Waals surface area contributed by atoms with Crippen LogP contribution in [0.5, 0.6) is 0 Å². The van der Waals surface area contributed by atoms with E-state index >= 15 is 0 Å². The first kappa shape index (κ1) is 16.4. The molecule has 0 saturated carbocycles. The highest BCUT2D eigenvalue weighted by molar-refractivity contribution is 4.92. The van der Waals surface area contributed by atoms with Gasteiger partial charge >= 0.3 is 0 Å². The molecule has 0 bridgehead atoms. The summed E-state index contributed by atoms with van der Waals surface area (Å²) in [6.45, 7) is 2.27. The fraction of sp³-hybridized carbons (Fsp3) is 0.875. The van der Waals surface area contributed by atoms with E-state index in [-0.39, 0.29) is 0 Å². The van der Waals surface area contributed by atoms with E-state index in [1.165, 1.54) is 70.6 Å². The van der Waals surface area contributed by atoms with Crippen LogP contribution in [-0.2, 0) is 0 Å². The second kappa shape index (κ2) is 15.4. The Hall–Kier alpha value is -0.640. The fourth-order valence-corrected chi connectivity index (χ4v) is 2.11. The lowest BCUT2D eigenvalue weighted by molar-refractivity contribution is 0.545. The Balaban J connectivity index is 2.91. The summed E-state index contributed by atoms with van der Waals surface area (Å²) in [6, 6.07) is 1.96. The van der Waals surface area contributed by atoms with Crippen molar-refractivity contribution in [3.63, 3.8) is 0 Å². The Morgan fingerprint density at radius 2 is 1.06 bits per heavy atom. The Morgan fingerprint density at radius 3 is 1.47 bits per heavy atom. The van der Waals surface area contributed by atoms with Gasteiger partial charge in [-0.05, 0) is 6.42 Å². The van der Waals surface area contributed by atoms with E-state index in [1.807, 2.05) is 6.04 Å². The van der Waals surface area contributed by atoms with Crippen molar-refractivity contribution in [2.45, 2.75) is 90.4 Å². The third-order valence-electron chi connectivity index (χ3n) is 3.23. The smallest absolute Gasteiger partial charge is 0.0584 e. The topological polar surface area (TPSA) is 22.3 Å². The number of unbranched alkanes of at least 4 members (excludes halogenated alkanes) is 12. The van der Waals surface area contributed by atoms with Gasteiger partial charge in [-0.3, -0.25) is 0 Å². The van der Waals surface area contributed by atoms with Crippen LogP contribution in [0.1, 0.15) is 90.4 Å². The molecule has 0 fully saturated rings. The average molecular weight is 235 g/mol. The lowest BCUT2D eigenvalue weighted by Gasteiger charge is -2.01. The molecule has 98 valence electrons. The molecule has 0 N–H and O–H groups in total. The quantitative estimate of drug-likeness (QED) is 0.331. The monoisotopic (exact) mass is 235 g/mol. The summed E-state index contributed by atoms with van der Waals surface area (Å²) < 4.78 is 0. The first-order valence-corrected chi connectivity index (χ1v) is 7.53. The molecule has 0 atom stereocenters. The third-order valence-corrected chi connectivity index (χ3v) is 3.23. The summed E-state index contributed by atoms with van der Waals surface area (Å²) in [7, 11) is 0. The first-order valence-electron chi connectivity index (χ1n) is 7.53. The molecule has 0 aromatic rings. The molecule has 0 unspecified atom stereocenters. The van der Waals surface area contributed by atoms with Crippen molar-refractivity contribution in [1.29, 1.82) is 0 Å². The van der Waals surface area contributed by atoms with Gasteiger partial charge in [0.1, 0.15) is 0 Å². The number of rotatable bonds is 12. The largest absolute Gasteiger partial charge is 0.0878 e. The summed E-state index contributed by atoms with van der Waals surface area (Å²) in [5, 5.41) is 0. The zero-order valence-electron chi connectivity index (χ0n) is 11.6. The number of hydrogen-bond acceptors (Lipinski definition) is 0. The van der Waals surface area contributed by atoms with Gasteiger partial charge in [-0.25, -0.2) is 0 Å². The van der Waals surface area contributed by atoms with E-state index in [4.69, 9.17) is 5.73 Å². The maximum atomic E-state index is 8.28. The van der Waals surface area contributed by atoms with Gasteiger partial charge in [-0.15, -0.1) is 0 Å². The van der Waals surface area contributed by atoms with E-state index in [2.05, 4.69) is 12.8 Å². The van der Waals surface area contributed by atoms with Crippen molar-refractivity contribution in [2.75, 3.05) is 0 Å². The van der Waals surface area contributed by atoms with Crippen LogP contribution in [0.2, 0.25) is 0 Å². The molecular weight excluding hydrogens is 206 g/mol. The molecule has 1 nitrogen and oxygen atoms in total. The summed E-state index contributed by atoms with van der Waals surface area (Å²) in [6.07, 6.45) is 17.3. The molecule has 0 saturated heterocycles. The molecule has 2 radical (unpaired) electrons. The zero-order valence-corrected chi connectivity index (χ0v) is 11.6. The van der Waals surface area contributed by atoms with Crippen LogP contribution in [0.15, 0.2) is 0 Å². The van der Waals surface area contributed by atoms with Gasteiger partial charge in [0.15, 0.2) is 0 Å². The van der Waals surface area contributed by atoms with Crippen LogP contribution < -0.4 is 5.73 Å². The SMILES string of the molecule is CCCCCCCCCCCCCCC#C[N]. The molecule has 17 heavy (non-hydrogen) atoms. The third kappa shape index (κ3) is 15.4. The number of nitrogens with zero attached hydrogens (tertiary/aromatic N) is 1. The Morgan fingerprint density at radius 1 is 0.647 bits per heavy atom. The van der Waals surface area contributed by atoms with Crippen molar-refractivity contribution < 1.29 is 0 Å². The molecule has 0 heterocycles. The van der Waals surface area contributed by atoms with E-state index in [9.17, 15) is 0 Å². The minimum absolute atomic E-state index is 0.855. The lowest BCUT2D eigenvalue weighted by atomic mass is 10.0. The van der Waals surface area contributed by atoms with Gasteiger partial charge in [0, 0.05) is 6.42 Å². The van der Waals surface area contributed by atoms with Crippen LogP contribution in [0.3, 0.4) is 0 Å². The van der Waals surface area contributed by atoms with Crippen LogP contribution >= 0.6 is 0 Å². The van der Waals surface area contributed by atoms with Crippen LogP contribution in [0.25, 0.3) is 0 Å². The lowest BCUT2D eigenvalue weighted by Crippen LogP contribution is -1.82. The van der Waals surface area contributed by atoms with Crippen molar-refractivity contribution in [1.82, 2.24) is 5.73 Å². The fourth-order valence-electron chi connectivity index (χ4n) is 2.11. The predicted octanol–water partition coefficient (Wildman–Crippen LogP) is 5.11. The van der Waals surface area contributed by atoms with E-state index in [0.29, 0.717) is 0 Å². The van der Waals surface area contributed by atoms with Crippen molar-refractivity contribution in [3.05, 3.63) is 0 Å². The second-order valence-corrected chi connectivity index (χ2v) is 4.93. The summed E-state index contributed by atoms with van der Waals surface area (Å²) in [5.74, 6) is 2.69. The molecule has 0 aliphatic rings. The maximum absolute atomic E-state index is 8.28. The first-order chi connectivity index (χ1) is 8.41. The molecule has 0 amide bonds.